The number of amides is 2. The van der Waals surface area contributed by atoms with Crippen LogP contribution in [0, 0.1) is 0 Å². The number of ether oxygens (including phenoxy) is 4. The van der Waals surface area contributed by atoms with E-state index < -0.39 is 0 Å². The Balaban J connectivity index is 1.43. The van der Waals surface area contributed by atoms with Gasteiger partial charge in [-0.05, 0) is 71.8 Å². The Morgan fingerprint density at radius 2 is 1.49 bits per heavy atom. The number of nitrogens with one attached hydrogen (secondary N) is 2. The van der Waals surface area contributed by atoms with Crippen molar-refractivity contribution in [2.24, 2.45) is 5.10 Å². The van der Waals surface area contributed by atoms with Crippen molar-refractivity contribution in [2.75, 3.05) is 33.3 Å². The van der Waals surface area contributed by atoms with Crippen LogP contribution in [0.1, 0.15) is 11.1 Å². The van der Waals surface area contributed by atoms with E-state index >= 15 is 0 Å². The lowest BCUT2D eigenvalue weighted by atomic mass is 10.1. The largest absolute Gasteiger partial charge is 0.497 e. The first-order valence-corrected chi connectivity index (χ1v) is 10.7. The molecular weight excluding hydrogens is 450 g/mol. The van der Waals surface area contributed by atoms with Gasteiger partial charge in [0.2, 0.25) is 5.91 Å². The Bertz CT molecular complexity index is 1160. The average Bonchev–Trinajstić information content (AvgIpc) is 2.88. The lowest BCUT2D eigenvalue weighted by molar-refractivity contribution is -0.120. The zero-order valence-corrected chi connectivity index (χ0v) is 19.7. The van der Waals surface area contributed by atoms with E-state index in [1.165, 1.54) is 6.21 Å². The number of hydrogen-bond donors (Lipinski definition) is 2. The van der Waals surface area contributed by atoms with Crippen molar-refractivity contribution in [1.82, 2.24) is 5.43 Å². The minimum absolute atomic E-state index is 0.133. The fraction of sp³-hybridized carbons (Fsp3) is 0.192. The van der Waals surface area contributed by atoms with Gasteiger partial charge in [0.05, 0.1) is 34.0 Å². The Morgan fingerprint density at radius 3 is 2.14 bits per heavy atom. The van der Waals surface area contributed by atoms with Crippen molar-refractivity contribution in [3.63, 3.8) is 0 Å². The van der Waals surface area contributed by atoms with Crippen LogP contribution in [0.3, 0.4) is 0 Å². The Hall–Kier alpha value is -4.53. The van der Waals surface area contributed by atoms with E-state index in [1.54, 1.807) is 88.1 Å². The molecule has 0 unspecified atom stereocenters. The molecule has 0 aromatic heterocycles. The number of anilines is 1. The highest BCUT2D eigenvalue weighted by Crippen LogP contribution is 2.27. The van der Waals surface area contributed by atoms with Crippen LogP contribution < -0.4 is 29.7 Å². The van der Waals surface area contributed by atoms with E-state index in [0.717, 1.165) is 11.1 Å². The molecule has 3 rings (SSSR count). The Morgan fingerprint density at radius 1 is 0.800 bits per heavy atom. The number of rotatable bonds is 11. The molecule has 35 heavy (non-hydrogen) atoms. The molecule has 0 bridgehead atoms. The summed E-state index contributed by atoms with van der Waals surface area (Å²) in [7, 11) is 4.68. The number of hydrogen-bond acceptors (Lipinski definition) is 7. The van der Waals surface area contributed by atoms with Gasteiger partial charge in [-0.3, -0.25) is 9.59 Å². The van der Waals surface area contributed by atoms with E-state index in [-0.39, 0.29) is 24.8 Å². The van der Waals surface area contributed by atoms with E-state index in [4.69, 9.17) is 18.9 Å². The monoisotopic (exact) mass is 477 g/mol. The van der Waals surface area contributed by atoms with Gasteiger partial charge in [-0.15, -0.1) is 0 Å². The van der Waals surface area contributed by atoms with Gasteiger partial charge >= 0.3 is 0 Å². The van der Waals surface area contributed by atoms with E-state index in [0.29, 0.717) is 28.7 Å². The average molecular weight is 478 g/mol. The van der Waals surface area contributed by atoms with Crippen LogP contribution in [0.25, 0.3) is 0 Å². The minimum atomic E-state index is -0.280. The van der Waals surface area contributed by atoms with Gasteiger partial charge in [0, 0.05) is 5.69 Å². The molecule has 0 saturated heterocycles. The smallest absolute Gasteiger partial charge is 0.262 e. The van der Waals surface area contributed by atoms with Crippen LogP contribution in [0.5, 0.6) is 23.0 Å². The third-order valence-electron chi connectivity index (χ3n) is 4.84. The zero-order chi connectivity index (χ0) is 25.0. The molecule has 0 heterocycles. The van der Waals surface area contributed by atoms with Gasteiger partial charge in [-0.25, -0.2) is 5.43 Å². The second kappa shape index (κ2) is 12.6. The third-order valence-corrected chi connectivity index (χ3v) is 4.84. The molecule has 182 valence electrons. The maximum Gasteiger partial charge on any atom is 0.262 e. The molecule has 3 aromatic rings. The summed E-state index contributed by atoms with van der Waals surface area (Å²) in [6.45, 7) is -0.133. The van der Waals surface area contributed by atoms with Crippen LogP contribution in [-0.2, 0) is 16.0 Å². The molecule has 0 aliphatic carbocycles. The lowest BCUT2D eigenvalue weighted by Crippen LogP contribution is -2.20. The molecule has 0 radical (unpaired) electrons. The second-order valence-electron chi connectivity index (χ2n) is 7.29. The topological polar surface area (TPSA) is 107 Å². The van der Waals surface area contributed by atoms with Gasteiger partial charge in [0.1, 0.15) is 11.5 Å². The first-order chi connectivity index (χ1) is 17.0. The Labute approximate surface area is 203 Å². The van der Waals surface area contributed by atoms with Gasteiger partial charge in [-0.2, -0.15) is 5.10 Å². The van der Waals surface area contributed by atoms with Gasteiger partial charge in [0.25, 0.3) is 5.91 Å². The maximum atomic E-state index is 12.2. The molecule has 3 aromatic carbocycles. The third kappa shape index (κ3) is 7.78. The van der Waals surface area contributed by atoms with Crippen molar-refractivity contribution in [2.45, 2.75) is 6.42 Å². The van der Waals surface area contributed by atoms with Crippen LogP contribution in [0.4, 0.5) is 5.69 Å². The molecule has 0 fully saturated rings. The summed E-state index contributed by atoms with van der Waals surface area (Å²) in [5.74, 6) is 1.85. The lowest BCUT2D eigenvalue weighted by Gasteiger charge is -2.09. The molecule has 0 aliphatic rings. The standard InChI is InChI=1S/C26H27N3O6/c1-32-21-11-7-20(8-12-21)28-26(31)17-35-22-9-4-18(5-10-22)16-27-29-25(30)15-19-6-13-23(33-2)24(14-19)34-3/h4-14,16H,15,17H2,1-3H3,(H,28,31)(H,29,30)/b27-16+. The number of carbonyl (C=O) groups excluding carboxylic acids is 2. The van der Waals surface area contributed by atoms with E-state index in [2.05, 4.69) is 15.8 Å². The summed E-state index contributed by atoms with van der Waals surface area (Å²) < 4.78 is 21.0. The number of hydrazone groups is 1. The zero-order valence-electron chi connectivity index (χ0n) is 19.7. The van der Waals surface area contributed by atoms with Crippen molar-refractivity contribution in [3.8, 4) is 23.0 Å². The van der Waals surface area contributed by atoms with Crippen molar-refractivity contribution < 1.29 is 28.5 Å². The van der Waals surface area contributed by atoms with E-state index in [9.17, 15) is 9.59 Å². The molecule has 0 spiro atoms. The van der Waals surface area contributed by atoms with Crippen LogP contribution in [0.15, 0.2) is 71.8 Å². The normalized spacial score (nSPS) is 10.5. The first kappa shape index (κ1) is 25.1. The number of benzene rings is 3. The van der Waals surface area contributed by atoms with Crippen molar-refractivity contribution in [1.29, 1.82) is 0 Å². The fourth-order valence-corrected chi connectivity index (χ4v) is 3.06. The van der Waals surface area contributed by atoms with Crippen LogP contribution >= 0.6 is 0 Å². The predicted molar refractivity (Wildman–Crippen MR) is 133 cm³/mol. The fourth-order valence-electron chi connectivity index (χ4n) is 3.06. The summed E-state index contributed by atoms with van der Waals surface area (Å²) in [6.07, 6.45) is 1.66. The predicted octanol–water partition coefficient (Wildman–Crippen LogP) is 3.42. The van der Waals surface area contributed by atoms with Crippen molar-refractivity contribution in [3.05, 3.63) is 77.9 Å². The summed E-state index contributed by atoms with van der Waals surface area (Å²) >= 11 is 0. The summed E-state index contributed by atoms with van der Waals surface area (Å²) in [6, 6.07) is 19.3. The van der Waals surface area contributed by atoms with Crippen LogP contribution in [0.2, 0.25) is 0 Å². The summed E-state index contributed by atoms with van der Waals surface area (Å²) in [4.78, 5) is 24.2. The van der Waals surface area contributed by atoms with Gasteiger partial charge in [-0.1, -0.05) is 6.07 Å². The summed E-state index contributed by atoms with van der Waals surface area (Å²) in [5.41, 5.74) is 4.68. The molecule has 2 N–H and O–H groups in total. The number of nitrogens with zero attached hydrogens (tertiary/aromatic N) is 1. The van der Waals surface area contributed by atoms with E-state index in [1.807, 2.05) is 0 Å². The molecular formula is C26H27N3O6. The molecule has 9 heteroatoms. The highest BCUT2D eigenvalue weighted by molar-refractivity contribution is 5.92. The number of methoxy groups -OCH3 is 3. The highest BCUT2D eigenvalue weighted by atomic mass is 16.5. The van der Waals surface area contributed by atoms with Crippen LogP contribution in [-0.4, -0.2) is 46.0 Å². The molecule has 0 atom stereocenters. The second-order valence-corrected chi connectivity index (χ2v) is 7.29. The SMILES string of the molecule is COc1ccc(NC(=O)COc2ccc(/C=N/NC(=O)Cc3ccc(OC)c(OC)c3)cc2)cc1. The highest BCUT2D eigenvalue weighted by Gasteiger charge is 2.08. The maximum absolute atomic E-state index is 12.2. The quantitative estimate of drug-likeness (QED) is 0.324. The molecule has 9 nitrogen and oxygen atoms in total. The molecule has 2 amide bonds. The Kier molecular flexibility index (Phi) is 9.07. The van der Waals surface area contributed by atoms with Gasteiger partial charge in [0.15, 0.2) is 18.1 Å². The molecule has 0 aliphatic heterocycles. The van der Waals surface area contributed by atoms with Gasteiger partial charge < -0.3 is 24.3 Å². The number of carbonyl (C=O) groups is 2. The van der Waals surface area contributed by atoms with Crippen molar-refractivity contribution >= 4 is 23.7 Å². The first-order valence-electron chi connectivity index (χ1n) is 10.7. The minimum Gasteiger partial charge on any atom is -0.497 e. The summed E-state index contributed by atoms with van der Waals surface area (Å²) in [5, 5.41) is 6.73. The molecule has 0 saturated carbocycles.